The number of carboxylic acids is 1. The number of ketones is 1. The number of hydrogen-bond acceptors (Lipinski definition) is 5. The van der Waals surface area contributed by atoms with E-state index >= 15 is 0 Å². The first kappa shape index (κ1) is 10.2. The average molecular weight is 220 g/mol. The summed E-state index contributed by atoms with van der Waals surface area (Å²) >= 11 is 0. The predicted molar refractivity (Wildman–Crippen MR) is 53.5 cm³/mol. The summed E-state index contributed by atoms with van der Waals surface area (Å²) in [7, 11) is 0. The van der Waals surface area contributed by atoms with Gasteiger partial charge >= 0.3 is 5.97 Å². The van der Waals surface area contributed by atoms with E-state index in [0.29, 0.717) is 5.82 Å². The van der Waals surface area contributed by atoms with Gasteiger partial charge in [0.15, 0.2) is 12.2 Å². The molecule has 0 unspecified atom stereocenters. The van der Waals surface area contributed by atoms with Crippen LogP contribution in [0, 0.1) is 0 Å². The van der Waals surface area contributed by atoms with Crippen molar-refractivity contribution in [1.29, 1.82) is 0 Å². The van der Waals surface area contributed by atoms with Gasteiger partial charge in [-0.1, -0.05) is 6.07 Å². The molecule has 82 valence electrons. The molecule has 0 fully saturated rings. The van der Waals surface area contributed by atoms with E-state index in [1.807, 2.05) is 0 Å². The number of carbonyl (C=O) groups excluding carboxylic acids is 1. The molecule has 16 heavy (non-hydrogen) atoms. The average Bonchev–Trinajstić information content (AvgIpc) is 2.61. The van der Waals surface area contributed by atoms with Gasteiger partial charge in [-0.05, 0) is 12.1 Å². The minimum atomic E-state index is -1.30. The van der Waals surface area contributed by atoms with Crippen molar-refractivity contribution < 1.29 is 19.4 Å². The van der Waals surface area contributed by atoms with Gasteiger partial charge in [-0.3, -0.25) is 4.79 Å². The fourth-order valence-corrected chi connectivity index (χ4v) is 1.28. The number of nitrogens with one attached hydrogen (secondary N) is 1. The first-order valence-electron chi connectivity index (χ1n) is 4.50. The van der Waals surface area contributed by atoms with Gasteiger partial charge in [0.05, 0.1) is 0 Å². The summed E-state index contributed by atoms with van der Waals surface area (Å²) in [6, 6.07) is 5.09. The first-order valence-corrected chi connectivity index (χ1v) is 4.50. The van der Waals surface area contributed by atoms with Crippen molar-refractivity contribution >= 4 is 17.6 Å². The number of nitrogens with zero attached hydrogens (tertiary/aromatic N) is 1. The zero-order valence-corrected chi connectivity index (χ0v) is 8.14. The highest BCUT2D eigenvalue weighted by molar-refractivity contribution is 6.19. The van der Waals surface area contributed by atoms with E-state index < -0.39 is 11.8 Å². The van der Waals surface area contributed by atoms with Crippen LogP contribution < -0.4 is 5.32 Å². The molecule has 0 atom stereocenters. The fourth-order valence-electron chi connectivity index (χ4n) is 1.28. The summed E-state index contributed by atoms with van der Waals surface area (Å²) in [5, 5.41) is 11.5. The minimum absolute atomic E-state index is 0.0591. The van der Waals surface area contributed by atoms with Crippen molar-refractivity contribution in [3.05, 3.63) is 35.9 Å². The smallest absolute Gasteiger partial charge is 0.344 e. The van der Waals surface area contributed by atoms with Crippen LogP contribution in [0.25, 0.3) is 0 Å². The Bertz CT molecular complexity index is 467. The Morgan fingerprint density at radius 2 is 2.31 bits per heavy atom. The number of hydrogen-bond donors (Lipinski definition) is 2. The van der Waals surface area contributed by atoms with Gasteiger partial charge in [0.2, 0.25) is 11.7 Å². The van der Waals surface area contributed by atoms with Crippen LogP contribution in [0.4, 0.5) is 5.82 Å². The van der Waals surface area contributed by atoms with E-state index in [-0.39, 0.29) is 18.1 Å². The Balaban J connectivity index is 2.27. The van der Waals surface area contributed by atoms with Crippen LogP contribution in [-0.2, 0) is 14.3 Å². The van der Waals surface area contributed by atoms with Crippen molar-refractivity contribution in [2.45, 2.75) is 0 Å². The Hall–Kier alpha value is -2.37. The van der Waals surface area contributed by atoms with Crippen LogP contribution in [0.2, 0.25) is 0 Å². The second kappa shape index (κ2) is 4.01. The molecule has 1 aliphatic rings. The van der Waals surface area contributed by atoms with Crippen molar-refractivity contribution in [3.8, 4) is 0 Å². The minimum Gasteiger partial charge on any atom is -0.477 e. The molecule has 0 aromatic carbocycles. The highest BCUT2D eigenvalue weighted by Crippen LogP contribution is 2.18. The maximum atomic E-state index is 11.2. The van der Waals surface area contributed by atoms with Gasteiger partial charge in [-0.15, -0.1) is 0 Å². The van der Waals surface area contributed by atoms with Crippen molar-refractivity contribution in [2.24, 2.45) is 0 Å². The summed E-state index contributed by atoms with van der Waals surface area (Å²) in [5.74, 6) is -1.49. The summed E-state index contributed by atoms with van der Waals surface area (Å²) in [6.07, 6.45) is 1.54. The van der Waals surface area contributed by atoms with E-state index in [0.717, 1.165) is 0 Å². The third-order valence-electron chi connectivity index (χ3n) is 1.97. The Morgan fingerprint density at radius 1 is 1.50 bits per heavy atom. The maximum Gasteiger partial charge on any atom is 0.344 e. The number of pyridine rings is 1. The quantitative estimate of drug-likeness (QED) is 0.716. The molecule has 1 aromatic rings. The molecule has 0 amide bonds. The first-order chi connectivity index (χ1) is 7.68. The monoisotopic (exact) mass is 220 g/mol. The SMILES string of the molecule is O=C(O)C1=C(Nc2ccccn2)OCC1=O. The number of aliphatic carboxylic acids is 1. The summed E-state index contributed by atoms with van der Waals surface area (Å²) in [4.78, 5) is 25.9. The van der Waals surface area contributed by atoms with Crippen molar-refractivity contribution in [2.75, 3.05) is 11.9 Å². The van der Waals surface area contributed by atoms with E-state index in [2.05, 4.69) is 10.3 Å². The standard InChI is InChI=1S/C10H8N2O4/c13-6-5-16-9(8(6)10(14)15)12-7-3-1-2-4-11-7/h1-4H,5H2,(H,11,12)(H,14,15). The molecule has 1 aromatic heterocycles. The predicted octanol–water partition coefficient (Wildman–Crippen LogP) is 0.389. The highest BCUT2D eigenvalue weighted by Gasteiger charge is 2.30. The number of carbonyl (C=O) groups is 2. The maximum absolute atomic E-state index is 11.2. The normalized spacial score (nSPS) is 14.9. The van der Waals surface area contributed by atoms with Crippen LogP contribution in [0.15, 0.2) is 35.9 Å². The van der Waals surface area contributed by atoms with E-state index in [1.54, 1.807) is 24.4 Å². The van der Waals surface area contributed by atoms with Crippen LogP contribution in [0.1, 0.15) is 0 Å². The van der Waals surface area contributed by atoms with Crippen LogP contribution >= 0.6 is 0 Å². The van der Waals surface area contributed by atoms with Gasteiger partial charge in [-0.25, -0.2) is 9.78 Å². The van der Waals surface area contributed by atoms with Gasteiger partial charge < -0.3 is 15.2 Å². The lowest BCUT2D eigenvalue weighted by Crippen LogP contribution is -2.12. The summed E-state index contributed by atoms with van der Waals surface area (Å²) in [5.41, 5.74) is -0.370. The topological polar surface area (TPSA) is 88.5 Å². The van der Waals surface area contributed by atoms with E-state index in [1.165, 1.54) is 0 Å². The number of aromatic nitrogens is 1. The molecule has 2 N–H and O–H groups in total. The molecule has 1 aliphatic heterocycles. The van der Waals surface area contributed by atoms with Crippen LogP contribution in [0.3, 0.4) is 0 Å². The molecular formula is C10H8N2O4. The van der Waals surface area contributed by atoms with Crippen LogP contribution in [-0.4, -0.2) is 28.4 Å². The zero-order valence-electron chi connectivity index (χ0n) is 8.14. The Morgan fingerprint density at radius 3 is 2.94 bits per heavy atom. The Labute approximate surface area is 90.6 Å². The lowest BCUT2D eigenvalue weighted by atomic mass is 10.2. The second-order valence-electron chi connectivity index (χ2n) is 3.06. The van der Waals surface area contributed by atoms with Crippen LogP contribution in [0.5, 0.6) is 0 Å². The lowest BCUT2D eigenvalue weighted by molar-refractivity contribution is -0.134. The Kier molecular flexibility index (Phi) is 2.55. The number of anilines is 1. The fraction of sp³-hybridized carbons (Fsp3) is 0.100. The molecule has 0 saturated carbocycles. The zero-order chi connectivity index (χ0) is 11.5. The molecule has 6 heteroatoms. The molecule has 0 spiro atoms. The molecule has 2 heterocycles. The van der Waals surface area contributed by atoms with Gasteiger partial charge in [0.25, 0.3) is 0 Å². The summed E-state index contributed by atoms with van der Waals surface area (Å²) in [6.45, 7) is -0.253. The molecule has 2 rings (SSSR count). The van der Waals surface area contributed by atoms with Crippen molar-refractivity contribution in [3.63, 3.8) is 0 Å². The molecule has 0 saturated heterocycles. The molecule has 6 nitrogen and oxygen atoms in total. The number of ether oxygens (including phenoxy) is 1. The lowest BCUT2D eigenvalue weighted by Gasteiger charge is -2.05. The largest absolute Gasteiger partial charge is 0.477 e. The third kappa shape index (κ3) is 1.85. The van der Waals surface area contributed by atoms with Gasteiger partial charge in [0, 0.05) is 6.20 Å². The van der Waals surface area contributed by atoms with Crippen molar-refractivity contribution in [1.82, 2.24) is 4.98 Å². The number of carboxylic acid groups (broad SMARTS) is 1. The van der Waals surface area contributed by atoms with E-state index in [4.69, 9.17) is 9.84 Å². The molecular weight excluding hydrogens is 212 g/mol. The molecule has 0 radical (unpaired) electrons. The second-order valence-corrected chi connectivity index (χ2v) is 3.06. The third-order valence-corrected chi connectivity index (χ3v) is 1.97. The number of rotatable bonds is 3. The van der Waals surface area contributed by atoms with Gasteiger partial charge in [0.1, 0.15) is 5.82 Å². The highest BCUT2D eigenvalue weighted by atomic mass is 16.5. The number of Topliss-reactive ketones (excluding diaryl/α,β-unsaturated/α-hetero) is 1. The van der Waals surface area contributed by atoms with E-state index in [9.17, 15) is 9.59 Å². The molecule has 0 aliphatic carbocycles. The summed E-state index contributed by atoms with van der Waals surface area (Å²) < 4.78 is 4.94. The van der Waals surface area contributed by atoms with Gasteiger partial charge in [-0.2, -0.15) is 0 Å². The molecule has 0 bridgehead atoms.